The van der Waals surface area contributed by atoms with Gasteiger partial charge in [-0.1, -0.05) is 0 Å². The third-order valence-electron chi connectivity index (χ3n) is 2.90. The van der Waals surface area contributed by atoms with E-state index in [1.165, 1.54) is 6.92 Å². The number of benzene rings is 2. The Morgan fingerprint density at radius 2 is 1.30 bits per heavy atom. The van der Waals surface area contributed by atoms with Crippen molar-refractivity contribution in [2.45, 2.75) is 6.92 Å². The SMILES string of the molecule is CC(=O)c1ccc(NC(=O)Nc2ccc(NS(=O)O)cc2)cc1. The number of anilines is 3. The molecular formula is C15H15N3O4S. The molecule has 0 spiro atoms. The molecule has 2 aromatic rings. The molecule has 1 unspecified atom stereocenters. The van der Waals surface area contributed by atoms with Crippen molar-refractivity contribution in [3.8, 4) is 0 Å². The van der Waals surface area contributed by atoms with Crippen LogP contribution in [0.3, 0.4) is 0 Å². The van der Waals surface area contributed by atoms with Gasteiger partial charge in [-0.2, -0.15) is 0 Å². The summed E-state index contributed by atoms with van der Waals surface area (Å²) in [5, 5.41) is 5.26. The van der Waals surface area contributed by atoms with Crippen LogP contribution in [0.2, 0.25) is 0 Å². The average Bonchev–Trinajstić information content (AvgIpc) is 2.49. The van der Waals surface area contributed by atoms with Gasteiger partial charge in [-0.3, -0.25) is 14.1 Å². The fourth-order valence-corrected chi connectivity index (χ4v) is 2.14. The monoisotopic (exact) mass is 333 g/mol. The highest BCUT2D eigenvalue weighted by molar-refractivity contribution is 7.80. The third-order valence-corrected chi connectivity index (χ3v) is 3.31. The van der Waals surface area contributed by atoms with Crippen LogP contribution >= 0.6 is 0 Å². The van der Waals surface area contributed by atoms with Gasteiger partial charge in [0, 0.05) is 22.6 Å². The van der Waals surface area contributed by atoms with E-state index in [0.29, 0.717) is 22.6 Å². The fraction of sp³-hybridized carbons (Fsp3) is 0.0667. The van der Waals surface area contributed by atoms with Crippen molar-refractivity contribution in [3.05, 3.63) is 54.1 Å². The Morgan fingerprint density at radius 3 is 1.74 bits per heavy atom. The van der Waals surface area contributed by atoms with Crippen LogP contribution < -0.4 is 15.4 Å². The molecule has 1 atom stereocenters. The van der Waals surface area contributed by atoms with Crippen LogP contribution in [0, 0.1) is 0 Å². The number of carbonyl (C=O) groups excluding carboxylic acids is 2. The molecule has 23 heavy (non-hydrogen) atoms. The maximum Gasteiger partial charge on any atom is 0.323 e. The average molecular weight is 333 g/mol. The quantitative estimate of drug-likeness (QED) is 0.498. The van der Waals surface area contributed by atoms with Crippen molar-refractivity contribution in [3.63, 3.8) is 0 Å². The lowest BCUT2D eigenvalue weighted by molar-refractivity contribution is 0.101. The highest BCUT2D eigenvalue weighted by atomic mass is 32.2. The topological polar surface area (TPSA) is 108 Å². The predicted octanol–water partition coefficient (Wildman–Crippen LogP) is 3.08. The molecule has 0 aliphatic heterocycles. The van der Waals surface area contributed by atoms with Crippen molar-refractivity contribution in [2.75, 3.05) is 15.4 Å². The van der Waals surface area contributed by atoms with Crippen LogP contribution in [-0.2, 0) is 11.3 Å². The molecule has 0 radical (unpaired) electrons. The molecule has 0 heterocycles. The molecule has 0 aliphatic carbocycles. The number of rotatable bonds is 5. The Bertz CT molecular complexity index is 729. The second kappa shape index (κ2) is 7.52. The van der Waals surface area contributed by atoms with E-state index in [1.807, 2.05) is 0 Å². The number of hydrogen-bond acceptors (Lipinski definition) is 3. The fourth-order valence-electron chi connectivity index (χ4n) is 1.80. The van der Waals surface area contributed by atoms with Crippen molar-refractivity contribution in [2.24, 2.45) is 0 Å². The lowest BCUT2D eigenvalue weighted by Gasteiger charge is -2.09. The summed E-state index contributed by atoms with van der Waals surface area (Å²) in [4.78, 5) is 23.0. The second-order valence-corrected chi connectivity index (χ2v) is 5.34. The summed E-state index contributed by atoms with van der Waals surface area (Å²) in [6, 6.07) is 12.4. The maximum absolute atomic E-state index is 11.9. The molecule has 2 rings (SSSR count). The summed E-state index contributed by atoms with van der Waals surface area (Å²) in [7, 11) is 0. The van der Waals surface area contributed by atoms with Crippen molar-refractivity contribution >= 4 is 40.1 Å². The zero-order chi connectivity index (χ0) is 16.8. The van der Waals surface area contributed by atoms with E-state index in [4.69, 9.17) is 4.55 Å². The molecule has 0 aromatic heterocycles. The normalized spacial score (nSPS) is 11.4. The summed E-state index contributed by atoms with van der Waals surface area (Å²) in [5.74, 6) is -0.0430. The number of hydrogen-bond donors (Lipinski definition) is 4. The second-order valence-electron chi connectivity index (χ2n) is 4.64. The van der Waals surface area contributed by atoms with Crippen LogP contribution in [0.15, 0.2) is 48.5 Å². The molecule has 0 saturated heterocycles. The number of Topliss-reactive ketones (excluding diaryl/α,β-unsaturated/α-hetero) is 1. The number of amides is 2. The van der Waals surface area contributed by atoms with Gasteiger partial charge < -0.3 is 10.6 Å². The number of ketones is 1. The van der Waals surface area contributed by atoms with Gasteiger partial charge in [0.05, 0.1) is 0 Å². The Morgan fingerprint density at radius 1 is 0.870 bits per heavy atom. The molecule has 0 saturated carbocycles. The van der Waals surface area contributed by atoms with Gasteiger partial charge in [-0.25, -0.2) is 9.00 Å². The van der Waals surface area contributed by atoms with Gasteiger partial charge in [-0.15, -0.1) is 0 Å². The molecule has 0 fully saturated rings. The molecule has 8 heteroatoms. The summed E-state index contributed by atoms with van der Waals surface area (Å²) >= 11 is -2.14. The largest absolute Gasteiger partial charge is 0.323 e. The zero-order valence-electron chi connectivity index (χ0n) is 12.2. The zero-order valence-corrected chi connectivity index (χ0v) is 13.0. The first kappa shape index (κ1) is 16.7. The van der Waals surface area contributed by atoms with E-state index >= 15 is 0 Å². The first-order chi connectivity index (χ1) is 10.9. The van der Waals surface area contributed by atoms with Crippen LogP contribution in [0.25, 0.3) is 0 Å². The van der Waals surface area contributed by atoms with Gasteiger partial charge in [-0.05, 0) is 55.5 Å². The van der Waals surface area contributed by atoms with Crippen LogP contribution in [0.4, 0.5) is 21.9 Å². The van der Waals surface area contributed by atoms with Crippen molar-refractivity contribution in [1.29, 1.82) is 0 Å². The third kappa shape index (κ3) is 5.20. The summed E-state index contributed by atoms with van der Waals surface area (Å²) in [6.07, 6.45) is 0. The smallest absolute Gasteiger partial charge is 0.308 e. The molecule has 4 N–H and O–H groups in total. The van der Waals surface area contributed by atoms with E-state index in [-0.39, 0.29) is 5.78 Å². The van der Waals surface area contributed by atoms with Crippen LogP contribution in [0.5, 0.6) is 0 Å². The van der Waals surface area contributed by atoms with Gasteiger partial charge in [0.25, 0.3) is 11.3 Å². The Kier molecular flexibility index (Phi) is 5.45. The Labute approximate surface area is 135 Å². The minimum Gasteiger partial charge on any atom is -0.308 e. The molecular weight excluding hydrogens is 318 g/mol. The number of nitrogens with one attached hydrogen (secondary N) is 3. The van der Waals surface area contributed by atoms with Crippen LogP contribution in [0.1, 0.15) is 17.3 Å². The number of urea groups is 1. The Hall–Kier alpha value is -2.71. The molecule has 2 amide bonds. The van der Waals surface area contributed by atoms with Gasteiger partial charge in [0.15, 0.2) is 5.78 Å². The van der Waals surface area contributed by atoms with E-state index in [2.05, 4.69) is 15.4 Å². The highest BCUT2D eigenvalue weighted by Crippen LogP contribution is 2.15. The van der Waals surface area contributed by atoms with E-state index in [1.54, 1.807) is 48.5 Å². The lowest BCUT2D eigenvalue weighted by Crippen LogP contribution is -2.19. The summed E-state index contributed by atoms with van der Waals surface area (Å²) < 4.78 is 21.6. The Balaban J connectivity index is 1.93. The predicted molar refractivity (Wildman–Crippen MR) is 89.9 cm³/mol. The minimum atomic E-state index is -2.14. The van der Waals surface area contributed by atoms with Gasteiger partial charge >= 0.3 is 6.03 Å². The molecule has 0 aliphatic rings. The van der Waals surface area contributed by atoms with E-state index < -0.39 is 17.3 Å². The molecule has 7 nitrogen and oxygen atoms in total. The molecule has 0 bridgehead atoms. The minimum absolute atomic E-state index is 0.0430. The molecule has 120 valence electrons. The summed E-state index contributed by atoms with van der Waals surface area (Å²) in [6.45, 7) is 1.47. The molecule has 2 aromatic carbocycles. The van der Waals surface area contributed by atoms with Crippen molar-refractivity contribution in [1.82, 2.24) is 0 Å². The number of carbonyl (C=O) groups is 2. The summed E-state index contributed by atoms with van der Waals surface area (Å²) in [5.41, 5.74) is 2.11. The maximum atomic E-state index is 11.9. The van der Waals surface area contributed by atoms with Crippen molar-refractivity contribution < 1.29 is 18.4 Å². The first-order valence-electron chi connectivity index (χ1n) is 6.60. The lowest BCUT2D eigenvalue weighted by atomic mass is 10.1. The van der Waals surface area contributed by atoms with E-state index in [9.17, 15) is 13.8 Å². The van der Waals surface area contributed by atoms with E-state index in [0.717, 1.165) is 0 Å². The first-order valence-corrected chi connectivity index (χ1v) is 7.71. The van der Waals surface area contributed by atoms with Gasteiger partial charge in [0.1, 0.15) is 0 Å². The highest BCUT2D eigenvalue weighted by Gasteiger charge is 2.04. The standard InChI is InChI=1S/C15H15N3O4S/c1-10(19)11-2-4-12(5-3-11)16-15(20)17-13-6-8-14(9-7-13)18-23(21)22/h2-9,18H,1H3,(H,21,22)(H2,16,17,20). The van der Waals surface area contributed by atoms with Crippen LogP contribution in [-0.4, -0.2) is 20.6 Å². The van der Waals surface area contributed by atoms with Gasteiger partial charge in [0.2, 0.25) is 0 Å².